The molecule has 1 N–H and O–H groups in total. The zero-order valence-electron chi connectivity index (χ0n) is 12.9. The summed E-state index contributed by atoms with van der Waals surface area (Å²) in [6.45, 7) is 0.889. The van der Waals surface area contributed by atoms with E-state index in [1.165, 1.54) is 6.42 Å². The maximum Gasteiger partial charge on any atom is 0.119 e. The van der Waals surface area contributed by atoms with E-state index in [2.05, 4.69) is 19.0 Å². The predicted molar refractivity (Wildman–Crippen MR) is 77.4 cm³/mol. The number of aliphatic hydroxyl groups is 1. The summed E-state index contributed by atoms with van der Waals surface area (Å²) in [5, 5.41) is 11.2. The molecule has 106 valence electrons. The summed E-state index contributed by atoms with van der Waals surface area (Å²) in [4.78, 5) is 2.14. The van der Waals surface area contributed by atoms with Crippen LogP contribution in [0.15, 0.2) is 24.3 Å². The highest BCUT2D eigenvalue weighted by Crippen LogP contribution is 2.42. The van der Waals surface area contributed by atoms with Gasteiger partial charge in [0.25, 0.3) is 0 Å². The minimum absolute atomic E-state index is 0.0942. The molecule has 3 heteroatoms. The van der Waals surface area contributed by atoms with Crippen LogP contribution in [0.3, 0.4) is 0 Å². The van der Waals surface area contributed by atoms with Gasteiger partial charge in [-0.1, -0.05) is 25.0 Å². The topological polar surface area (TPSA) is 32.7 Å². The van der Waals surface area contributed by atoms with Crippen molar-refractivity contribution < 1.29 is 11.2 Å². The van der Waals surface area contributed by atoms with Crippen molar-refractivity contribution in [3.8, 4) is 5.75 Å². The van der Waals surface area contributed by atoms with Gasteiger partial charge in [-0.05, 0) is 44.6 Å². The Kier molecular flexibility index (Phi) is 4.04. The molecule has 2 atom stereocenters. The zero-order valence-corrected chi connectivity index (χ0v) is 11.9. The molecule has 1 aromatic rings. The second-order valence-corrected chi connectivity index (χ2v) is 5.80. The third-order valence-corrected chi connectivity index (χ3v) is 4.12. The molecule has 0 aliphatic heterocycles. The van der Waals surface area contributed by atoms with Crippen molar-refractivity contribution in [1.82, 2.24) is 4.90 Å². The Balaban J connectivity index is 2.27. The van der Waals surface area contributed by atoms with Gasteiger partial charge in [0.05, 0.1) is 14.1 Å². The molecular weight excluding hydrogens is 238 g/mol. The van der Waals surface area contributed by atoms with Gasteiger partial charge < -0.3 is 14.7 Å². The van der Waals surface area contributed by atoms with E-state index in [0.29, 0.717) is 5.75 Å². The first kappa shape index (κ1) is 12.9. The molecule has 1 aromatic carbocycles. The zero-order chi connectivity index (χ0) is 14.6. The second kappa shape index (κ2) is 5.93. The molecule has 19 heavy (non-hydrogen) atoms. The summed E-state index contributed by atoms with van der Waals surface area (Å²) in [5.74, 6) is 0.914. The first-order valence-electron chi connectivity index (χ1n) is 7.66. The van der Waals surface area contributed by atoms with Gasteiger partial charge >= 0.3 is 0 Å². The molecule has 1 fully saturated rings. The highest BCUT2D eigenvalue weighted by Gasteiger charge is 2.40. The fourth-order valence-corrected chi connectivity index (χ4v) is 3.15. The van der Waals surface area contributed by atoms with Crippen LogP contribution in [0.4, 0.5) is 0 Å². The normalized spacial score (nSPS) is 28.2. The van der Waals surface area contributed by atoms with Crippen molar-refractivity contribution in [2.75, 3.05) is 27.7 Å². The minimum Gasteiger partial charge on any atom is -0.497 e. The number of benzene rings is 1. The lowest BCUT2D eigenvalue weighted by Crippen LogP contribution is -2.43. The van der Waals surface area contributed by atoms with Crippen LogP contribution in [-0.2, 0) is 5.60 Å². The van der Waals surface area contributed by atoms with Crippen LogP contribution in [0.2, 0.25) is 0 Å². The van der Waals surface area contributed by atoms with E-state index in [1.54, 1.807) is 0 Å². The second-order valence-electron chi connectivity index (χ2n) is 5.80. The van der Waals surface area contributed by atoms with Crippen LogP contribution in [0.1, 0.15) is 32.6 Å². The van der Waals surface area contributed by atoms with Crippen LogP contribution in [-0.4, -0.2) is 37.7 Å². The Hall–Kier alpha value is -1.06. The lowest BCUT2D eigenvalue weighted by molar-refractivity contribution is -0.0619. The van der Waals surface area contributed by atoms with Crippen LogP contribution < -0.4 is 4.74 Å². The van der Waals surface area contributed by atoms with Crippen molar-refractivity contribution >= 4 is 0 Å². The summed E-state index contributed by atoms with van der Waals surface area (Å²) in [7, 11) is 4.01. The van der Waals surface area contributed by atoms with Crippen LogP contribution in [0.5, 0.6) is 5.75 Å². The van der Waals surface area contributed by atoms with Crippen molar-refractivity contribution in [2.45, 2.75) is 31.3 Å². The number of hydrogen-bond acceptors (Lipinski definition) is 3. The van der Waals surface area contributed by atoms with Gasteiger partial charge in [0.15, 0.2) is 0 Å². The Morgan fingerprint density at radius 2 is 2.32 bits per heavy atom. The predicted octanol–water partition coefficient (Wildman–Crippen LogP) is 2.63. The SMILES string of the molecule is [2H]COc1cccc(C2(O)CCCCC2CN(C)C)c1. The number of ether oxygens (including phenoxy) is 1. The van der Waals surface area contributed by atoms with E-state index in [9.17, 15) is 5.11 Å². The molecule has 2 unspecified atom stereocenters. The van der Waals surface area contributed by atoms with Gasteiger partial charge in [-0.25, -0.2) is 0 Å². The average Bonchev–Trinajstić information content (AvgIpc) is 2.42. The number of rotatable bonds is 4. The Morgan fingerprint density at radius 1 is 1.47 bits per heavy atom. The van der Waals surface area contributed by atoms with Gasteiger partial charge in [-0.2, -0.15) is 0 Å². The maximum atomic E-state index is 11.2. The highest BCUT2D eigenvalue weighted by atomic mass is 16.5. The lowest BCUT2D eigenvalue weighted by Gasteiger charge is -2.41. The standard InChI is InChI=1S/C16H25NO2/c1-17(2)12-14-7-4-5-10-16(14,18)13-8-6-9-15(11-13)19-3/h6,8-9,11,14,18H,4-5,7,10,12H2,1-3H3/i3D. The summed E-state index contributed by atoms with van der Waals surface area (Å²) in [5.41, 5.74) is 0.152. The molecule has 0 bridgehead atoms. The van der Waals surface area contributed by atoms with Crippen LogP contribution >= 0.6 is 0 Å². The van der Waals surface area contributed by atoms with E-state index in [0.717, 1.165) is 31.4 Å². The molecule has 0 radical (unpaired) electrons. The average molecular weight is 264 g/mol. The monoisotopic (exact) mass is 264 g/mol. The van der Waals surface area contributed by atoms with Gasteiger partial charge in [0.2, 0.25) is 0 Å². The van der Waals surface area contributed by atoms with Crippen LogP contribution in [0, 0.1) is 5.92 Å². The molecule has 3 nitrogen and oxygen atoms in total. The van der Waals surface area contributed by atoms with E-state index in [-0.39, 0.29) is 13.0 Å². The fourth-order valence-electron chi connectivity index (χ4n) is 3.15. The fraction of sp³-hybridized carbons (Fsp3) is 0.625. The van der Waals surface area contributed by atoms with E-state index >= 15 is 0 Å². The molecule has 1 aliphatic carbocycles. The smallest absolute Gasteiger partial charge is 0.119 e. The third-order valence-electron chi connectivity index (χ3n) is 4.12. The molecule has 2 rings (SSSR count). The van der Waals surface area contributed by atoms with E-state index in [1.807, 2.05) is 24.3 Å². The molecule has 0 saturated heterocycles. The van der Waals surface area contributed by atoms with E-state index < -0.39 is 5.60 Å². The van der Waals surface area contributed by atoms with Crippen molar-refractivity contribution in [3.05, 3.63) is 29.8 Å². The molecule has 0 amide bonds. The lowest BCUT2D eigenvalue weighted by atomic mass is 9.71. The van der Waals surface area contributed by atoms with Crippen molar-refractivity contribution in [2.24, 2.45) is 5.92 Å². The summed E-state index contributed by atoms with van der Waals surface area (Å²) >= 11 is 0. The number of nitrogens with zero attached hydrogens (tertiary/aromatic N) is 1. The molecule has 0 aromatic heterocycles. The van der Waals surface area contributed by atoms with Crippen molar-refractivity contribution in [3.63, 3.8) is 0 Å². The Labute approximate surface area is 117 Å². The van der Waals surface area contributed by atoms with Crippen molar-refractivity contribution in [1.29, 1.82) is 0 Å². The van der Waals surface area contributed by atoms with Gasteiger partial charge in [-0.3, -0.25) is 0 Å². The minimum atomic E-state index is -0.774. The van der Waals surface area contributed by atoms with E-state index in [4.69, 9.17) is 6.11 Å². The highest BCUT2D eigenvalue weighted by molar-refractivity contribution is 5.33. The molecule has 1 saturated carbocycles. The first-order chi connectivity index (χ1) is 9.56. The third kappa shape index (κ3) is 3.10. The number of methoxy groups -OCH3 is 1. The molecule has 0 spiro atoms. The summed E-state index contributed by atoms with van der Waals surface area (Å²) in [6, 6.07) is 7.61. The number of hydrogen-bond donors (Lipinski definition) is 1. The van der Waals surface area contributed by atoms with Gasteiger partial charge in [0, 0.05) is 12.5 Å². The quantitative estimate of drug-likeness (QED) is 0.907. The summed E-state index contributed by atoms with van der Waals surface area (Å²) in [6.07, 6.45) is 4.10. The molecule has 0 heterocycles. The Bertz CT molecular complexity index is 438. The van der Waals surface area contributed by atoms with Gasteiger partial charge in [-0.15, -0.1) is 0 Å². The Morgan fingerprint density at radius 3 is 3.05 bits per heavy atom. The molecular formula is C16H25NO2. The largest absolute Gasteiger partial charge is 0.497 e. The maximum absolute atomic E-state index is 11.2. The summed E-state index contributed by atoms with van der Waals surface area (Å²) < 4.78 is 12.4. The van der Waals surface area contributed by atoms with Crippen LogP contribution in [0.25, 0.3) is 0 Å². The first-order valence-corrected chi connectivity index (χ1v) is 6.96. The van der Waals surface area contributed by atoms with Gasteiger partial charge in [0.1, 0.15) is 5.75 Å². The molecule has 1 aliphatic rings.